The van der Waals surface area contributed by atoms with Crippen molar-refractivity contribution in [3.8, 4) is 34.2 Å². The Bertz CT molecular complexity index is 2510. The van der Waals surface area contributed by atoms with E-state index >= 15 is 0 Å². The quantitative estimate of drug-likeness (QED) is 0.200. The molecule has 0 N–H and O–H groups in total. The minimum atomic E-state index is 0.666. The molecule has 0 spiro atoms. The SMILES string of the molecule is c1ccc(-c2nc(-c3ccc4ccccc4c3)nc(-c3ccc4c(ccc5ccc6c7ccccc7sc6c54)c3)n2)cc1. The first-order valence-corrected chi connectivity index (χ1v) is 15.2. The van der Waals surface area contributed by atoms with Crippen molar-refractivity contribution in [2.45, 2.75) is 0 Å². The van der Waals surface area contributed by atoms with Gasteiger partial charge in [0.2, 0.25) is 0 Å². The van der Waals surface area contributed by atoms with E-state index in [1.165, 1.54) is 47.1 Å². The summed E-state index contributed by atoms with van der Waals surface area (Å²) < 4.78 is 2.65. The lowest BCUT2D eigenvalue weighted by molar-refractivity contribution is 1.08. The summed E-state index contributed by atoms with van der Waals surface area (Å²) in [6.45, 7) is 0. The molecule has 200 valence electrons. The smallest absolute Gasteiger partial charge is 0.164 e. The van der Waals surface area contributed by atoms with Crippen molar-refractivity contribution in [2.24, 2.45) is 0 Å². The maximum atomic E-state index is 5.03. The second-order valence-electron chi connectivity index (χ2n) is 10.9. The molecule has 9 aromatic rings. The van der Waals surface area contributed by atoms with Crippen LogP contribution >= 0.6 is 11.3 Å². The Morgan fingerprint density at radius 2 is 0.953 bits per heavy atom. The summed E-state index contributed by atoms with van der Waals surface area (Å²) in [5.41, 5.74) is 2.91. The lowest BCUT2D eigenvalue weighted by Crippen LogP contribution is -2.00. The predicted molar refractivity (Wildman–Crippen MR) is 182 cm³/mol. The largest absolute Gasteiger partial charge is 0.208 e. The van der Waals surface area contributed by atoms with Crippen molar-refractivity contribution < 1.29 is 0 Å². The molecule has 43 heavy (non-hydrogen) atoms. The molecule has 7 aromatic carbocycles. The number of hydrogen-bond acceptors (Lipinski definition) is 4. The van der Waals surface area contributed by atoms with Gasteiger partial charge in [-0.15, -0.1) is 11.3 Å². The Labute approximate surface area is 251 Å². The van der Waals surface area contributed by atoms with Gasteiger partial charge in [0.15, 0.2) is 17.5 Å². The van der Waals surface area contributed by atoms with E-state index in [9.17, 15) is 0 Å². The van der Waals surface area contributed by atoms with Gasteiger partial charge < -0.3 is 0 Å². The van der Waals surface area contributed by atoms with Crippen LogP contribution in [0.3, 0.4) is 0 Å². The molecule has 0 radical (unpaired) electrons. The fraction of sp³-hybridized carbons (Fsp3) is 0. The predicted octanol–water partition coefficient (Wildman–Crippen LogP) is 10.7. The standard InChI is InChI=1S/C39H23N3S/c1-2-9-26(10-3-1)37-40-38(29-17-14-24-8-4-5-11-27(24)22-29)42-39(41-37)30-19-20-31-28(23-30)16-15-25-18-21-33-32-12-6-7-13-34(32)43-36(33)35(25)31/h1-23H. The molecule has 0 amide bonds. The van der Waals surface area contributed by atoms with Crippen molar-refractivity contribution >= 4 is 63.8 Å². The minimum absolute atomic E-state index is 0.666. The molecule has 9 rings (SSSR count). The normalized spacial score (nSPS) is 11.7. The lowest BCUT2D eigenvalue weighted by atomic mass is 9.98. The number of rotatable bonds is 3. The van der Waals surface area contributed by atoms with Crippen LogP contribution in [0.5, 0.6) is 0 Å². The Morgan fingerprint density at radius 3 is 1.79 bits per heavy atom. The zero-order valence-corrected chi connectivity index (χ0v) is 23.8. The van der Waals surface area contributed by atoms with Gasteiger partial charge in [-0.1, -0.05) is 121 Å². The molecule has 0 bridgehead atoms. The van der Waals surface area contributed by atoms with E-state index in [1.54, 1.807) is 0 Å². The molecule has 0 saturated heterocycles. The van der Waals surface area contributed by atoms with Crippen molar-refractivity contribution in [3.05, 3.63) is 140 Å². The Hall–Kier alpha value is -5.45. The Morgan fingerprint density at radius 1 is 0.372 bits per heavy atom. The summed E-state index contributed by atoms with van der Waals surface area (Å²) >= 11 is 1.87. The highest BCUT2D eigenvalue weighted by Crippen LogP contribution is 2.41. The number of nitrogens with zero attached hydrogens (tertiary/aromatic N) is 3. The van der Waals surface area contributed by atoms with Gasteiger partial charge >= 0.3 is 0 Å². The average molecular weight is 566 g/mol. The van der Waals surface area contributed by atoms with E-state index in [0.29, 0.717) is 17.5 Å². The van der Waals surface area contributed by atoms with E-state index in [2.05, 4.69) is 109 Å². The zero-order chi connectivity index (χ0) is 28.3. The van der Waals surface area contributed by atoms with E-state index in [0.717, 1.165) is 22.1 Å². The minimum Gasteiger partial charge on any atom is -0.208 e. The molecule has 0 aliphatic heterocycles. The van der Waals surface area contributed by atoms with Gasteiger partial charge in [-0.2, -0.15) is 0 Å². The second-order valence-corrected chi connectivity index (χ2v) is 11.9. The Kier molecular flexibility index (Phi) is 5.37. The lowest BCUT2D eigenvalue weighted by Gasteiger charge is -2.11. The molecule has 3 nitrogen and oxygen atoms in total. The fourth-order valence-corrected chi connectivity index (χ4v) is 7.42. The van der Waals surface area contributed by atoms with Crippen LogP contribution in [-0.2, 0) is 0 Å². The van der Waals surface area contributed by atoms with Gasteiger partial charge in [0, 0.05) is 42.2 Å². The monoisotopic (exact) mass is 565 g/mol. The van der Waals surface area contributed by atoms with Gasteiger partial charge in [0.1, 0.15) is 0 Å². The molecule has 4 heteroatoms. The third-order valence-corrected chi connectivity index (χ3v) is 9.48. The summed E-state index contributed by atoms with van der Waals surface area (Å²) in [4.78, 5) is 15.0. The summed E-state index contributed by atoms with van der Waals surface area (Å²) in [6.07, 6.45) is 0. The van der Waals surface area contributed by atoms with Crippen LogP contribution in [0.15, 0.2) is 140 Å². The third kappa shape index (κ3) is 3.99. The highest BCUT2D eigenvalue weighted by atomic mass is 32.1. The van der Waals surface area contributed by atoms with Crippen molar-refractivity contribution in [1.29, 1.82) is 0 Å². The highest BCUT2D eigenvalue weighted by molar-refractivity contribution is 7.26. The number of aromatic nitrogens is 3. The van der Waals surface area contributed by atoms with Gasteiger partial charge in [0.25, 0.3) is 0 Å². The molecule has 2 aromatic heterocycles. The maximum Gasteiger partial charge on any atom is 0.164 e. The Balaban J connectivity index is 1.25. The van der Waals surface area contributed by atoms with Gasteiger partial charge in [0.05, 0.1) is 0 Å². The van der Waals surface area contributed by atoms with E-state index in [1.807, 2.05) is 41.7 Å². The topological polar surface area (TPSA) is 38.7 Å². The maximum absolute atomic E-state index is 5.03. The number of benzene rings is 7. The van der Waals surface area contributed by atoms with Crippen molar-refractivity contribution in [3.63, 3.8) is 0 Å². The molecule has 0 fully saturated rings. The molecule has 0 saturated carbocycles. The average Bonchev–Trinajstić information content (AvgIpc) is 3.47. The molecule has 0 aliphatic rings. The molecule has 0 atom stereocenters. The number of fused-ring (bicyclic) bond motifs is 8. The third-order valence-electron chi connectivity index (χ3n) is 8.28. The molecule has 0 unspecified atom stereocenters. The second kappa shape index (κ2) is 9.55. The van der Waals surface area contributed by atoms with E-state index < -0.39 is 0 Å². The van der Waals surface area contributed by atoms with Crippen LogP contribution in [0.1, 0.15) is 0 Å². The highest BCUT2D eigenvalue weighted by Gasteiger charge is 2.15. The molecule has 2 heterocycles. The van der Waals surface area contributed by atoms with Crippen molar-refractivity contribution in [1.82, 2.24) is 15.0 Å². The van der Waals surface area contributed by atoms with Gasteiger partial charge in [-0.3, -0.25) is 0 Å². The first-order chi connectivity index (χ1) is 21.3. The van der Waals surface area contributed by atoms with Crippen LogP contribution < -0.4 is 0 Å². The first kappa shape index (κ1) is 24.2. The molecular formula is C39H23N3S. The van der Waals surface area contributed by atoms with Crippen LogP contribution in [-0.4, -0.2) is 15.0 Å². The summed E-state index contributed by atoms with van der Waals surface area (Å²) in [5, 5.41) is 9.96. The van der Waals surface area contributed by atoms with E-state index in [-0.39, 0.29) is 0 Å². The number of hydrogen-bond donors (Lipinski definition) is 0. The first-order valence-electron chi connectivity index (χ1n) is 14.4. The molecular weight excluding hydrogens is 543 g/mol. The summed E-state index contributed by atoms with van der Waals surface area (Å²) in [5.74, 6) is 2.00. The van der Waals surface area contributed by atoms with E-state index in [4.69, 9.17) is 15.0 Å². The fourth-order valence-electron chi connectivity index (χ4n) is 6.15. The van der Waals surface area contributed by atoms with Crippen LogP contribution in [0.25, 0.3) is 86.7 Å². The van der Waals surface area contributed by atoms with Crippen molar-refractivity contribution in [2.75, 3.05) is 0 Å². The van der Waals surface area contributed by atoms with Crippen LogP contribution in [0.2, 0.25) is 0 Å². The summed E-state index contributed by atoms with van der Waals surface area (Å²) in [7, 11) is 0. The van der Waals surface area contributed by atoms with Crippen LogP contribution in [0, 0.1) is 0 Å². The zero-order valence-electron chi connectivity index (χ0n) is 23.0. The van der Waals surface area contributed by atoms with Crippen LogP contribution in [0.4, 0.5) is 0 Å². The van der Waals surface area contributed by atoms with Gasteiger partial charge in [-0.05, 0) is 45.1 Å². The van der Waals surface area contributed by atoms with Gasteiger partial charge in [-0.25, -0.2) is 15.0 Å². The summed E-state index contributed by atoms with van der Waals surface area (Å²) in [6, 6.07) is 49.1. The number of thiophene rings is 1. The molecule has 0 aliphatic carbocycles.